The van der Waals surface area contributed by atoms with E-state index < -0.39 is 5.97 Å². The van der Waals surface area contributed by atoms with Crippen molar-refractivity contribution in [1.29, 1.82) is 5.26 Å². The molecule has 0 N–H and O–H groups in total. The zero-order valence-corrected chi connectivity index (χ0v) is 6.41. The van der Waals surface area contributed by atoms with Gasteiger partial charge in [-0.25, -0.2) is 4.79 Å². The topological polar surface area (TPSA) is 50.1 Å². The molecule has 0 heterocycles. The molecule has 12 heavy (non-hydrogen) atoms. The van der Waals surface area contributed by atoms with E-state index in [4.69, 9.17) is 10.00 Å². The van der Waals surface area contributed by atoms with Gasteiger partial charge < -0.3 is 4.74 Å². The smallest absolute Gasteiger partial charge is 0.353 e. The fourth-order valence-electron chi connectivity index (χ4n) is 0.730. The molecule has 0 saturated carbocycles. The van der Waals surface area contributed by atoms with Crippen molar-refractivity contribution in [1.82, 2.24) is 0 Å². The first-order chi connectivity index (χ1) is 5.74. The van der Waals surface area contributed by atoms with E-state index in [9.17, 15) is 4.79 Å². The molecule has 0 aromatic carbocycles. The Bertz CT molecular complexity index is 318. The maximum absolute atomic E-state index is 10.9. The summed E-state index contributed by atoms with van der Waals surface area (Å²) in [5.74, 6) is -0.121. The van der Waals surface area contributed by atoms with Crippen LogP contribution in [0.15, 0.2) is 36.1 Å². The highest BCUT2D eigenvalue weighted by Crippen LogP contribution is 2.12. The number of carbonyl (C=O) groups is 1. The van der Waals surface area contributed by atoms with Gasteiger partial charge in [0.25, 0.3) is 0 Å². The molecular weight excluding hydrogens is 154 g/mol. The van der Waals surface area contributed by atoms with Crippen LogP contribution < -0.4 is 0 Å². The second-order valence-corrected chi connectivity index (χ2v) is 2.25. The van der Waals surface area contributed by atoms with Crippen LogP contribution in [0, 0.1) is 11.3 Å². The number of allylic oxidation sites excluding steroid dienone is 3. The van der Waals surface area contributed by atoms with Crippen molar-refractivity contribution < 1.29 is 9.53 Å². The molecule has 0 radical (unpaired) electrons. The van der Waals surface area contributed by atoms with Crippen LogP contribution in [0.3, 0.4) is 0 Å². The van der Waals surface area contributed by atoms with Crippen LogP contribution in [-0.2, 0) is 9.53 Å². The zero-order chi connectivity index (χ0) is 8.97. The largest absolute Gasteiger partial charge is 0.427 e. The number of ether oxygens (including phenoxy) is 1. The summed E-state index contributed by atoms with van der Waals surface area (Å²) >= 11 is 0. The lowest BCUT2D eigenvalue weighted by atomic mass is 10.3. The highest BCUT2D eigenvalue weighted by molar-refractivity contribution is 5.92. The third-order valence-corrected chi connectivity index (χ3v) is 1.34. The molecule has 60 valence electrons. The van der Waals surface area contributed by atoms with E-state index >= 15 is 0 Å². The Morgan fingerprint density at radius 2 is 2.50 bits per heavy atom. The van der Waals surface area contributed by atoms with E-state index in [0.29, 0.717) is 12.2 Å². The van der Waals surface area contributed by atoms with Crippen molar-refractivity contribution >= 4 is 5.97 Å². The number of nitrogens with zero attached hydrogens (tertiary/aromatic N) is 1. The summed E-state index contributed by atoms with van der Waals surface area (Å²) in [4.78, 5) is 10.9. The van der Waals surface area contributed by atoms with E-state index in [2.05, 4.69) is 6.58 Å². The molecule has 0 atom stereocenters. The molecule has 1 aliphatic carbocycles. The molecule has 3 heteroatoms. The Kier molecular flexibility index (Phi) is 2.44. The summed E-state index contributed by atoms with van der Waals surface area (Å²) < 4.78 is 4.80. The monoisotopic (exact) mass is 161 g/mol. The number of nitriles is 1. The number of carbonyl (C=O) groups excluding carboxylic acids is 1. The maximum Gasteiger partial charge on any atom is 0.353 e. The molecule has 3 nitrogen and oxygen atoms in total. The Balaban J connectivity index is 2.48. The minimum Gasteiger partial charge on any atom is -0.427 e. The number of hydrogen-bond acceptors (Lipinski definition) is 3. The molecule has 0 unspecified atom stereocenters. The fourth-order valence-corrected chi connectivity index (χ4v) is 0.730. The number of hydrogen-bond donors (Lipinski definition) is 0. The summed E-state index contributed by atoms with van der Waals surface area (Å²) in [6.07, 6.45) is 5.93. The average Bonchev–Trinajstić information content (AvgIpc) is 2.55. The van der Waals surface area contributed by atoms with Crippen molar-refractivity contribution in [2.75, 3.05) is 0 Å². The lowest BCUT2D eigenvalue weighted by Gasteiger charge is -2.01. The van der Waals surface area contributed by atoms with Gasteiger partial charge in [0, 0.05) is 6.42 Å². The summed E-state index contributed by atoms with van der Waals surface area (Å²) in [6, 6.07) is 1.62. The van der Waals surface area contributed by atoms with Crippen LogP contribution in [0.4, 0.5) is 0 Å². The zero-order valence-electron chi connectivity index (χ0n) is 6.41. The first-order valence-corrected chi connectivity index (χ1v) is 3.41. The Morgan fingerprint density at radius 3 is 3.00 bits per heavy atom. The lowest BCUT2D eigenvalue weighted by molar-refractivity contribution is -0.134. The molecule has 0 bridgehead atoms. The fraction of sp³-hybridized carbons (Fsp3) is 0.111. The molecule has 0 saturated heterocycles. The van der Waals surface area contributed by atoms with E-state index in [1.54, 1.807) is 18.2 Å². The summed E-state index contributed by atoms with van der Waals surface area (Å²) in [5.41, 5.74) is -0.178. The third kappa shape index (κ3) is 1.83. The Morgan fingerprint density at radius 1 is 1.75 bits per heavy atom. The van der Waals surface area contributed by atoms with Gasteiger partial charge in [0.1, 0.15) is 17.4 Å². The van der Waals surface area contributed by atoms with Gasteiger partial charge in [0.15, 0.2) is 0 Å². The lowest BCUT2D eigenvalue weighted by Crippen LogP contribution is -2.04. The quantitative estimate of drug-likeness (QED) is 0.350. The number of rotatable bonds is 2. The SMILES string of the molecule is C=C(C#N)C(=O)OC1=CC=CC1. The van der Waals surface area contributed by atoms with Gasteiger partial charge in [0.2, 0.25) is 0 Å². The molecule has 0 amide bonds. The van der Waals surface area contributed by atoms with Crippen molar-refractivity contribution in [2.45, 2.75) is 6.42 Å². The van der Waals surface area contributed by atoms with Gasteiger partial charge in [-0.3, -0.25) is 0 Å². The molecule has 1 rings (SSSR count). The van der Waals surface area contributed by atoms with Crippen molar-refractivity contribution in [3.8, 4) is 6.07 Å². The molecule has 0 spiro atoms. The second-order valence-electron chi connectivity index (χ2n) is 2.25. The van der Waals surface area contributed by atoms with Crippen LogP contribution in [0.1, 0.15) is 6.42 Å². The first-order valence-electron chi connectivity index (χ1n) is 3.41. The van der Waals surface area contributed by atoms with E-state index in [1.807, 2.05) is 6.08 Å². The minimum absolute atomic E-state index is 0.178. The Labute approximate surface area is 70.3 Å². The number of esters is 1. The second kappa shape index (κ2) is 3.54. The van der Waals surface area contributed by atoms with E-state index in [0.717, 1.165) is 0 Å². The highest BCUT2D eigenvalue weighted by atomic mass is 16.5. The molecule has 1 aliphatic rings. The third-order valence-electron chi connectivity index (χ3n) is 1.34. The Hall–Kier alpha value is -1.82. The van der Waals surface area contributed by atoms with Crippen LogP contribution in [-0.4, -0.2) is 5.97 Å². The van der Waals surface area contributed by atoms with Crippen molar-refractivity contribution in [2.24, 2.45) is 0 Å². The molecular formula is C9H7NO2. The van der Waals surface area contributed by atoms with E-state index in [1.165, 1.54) is 0 Å². The van der Waals surface area contributed by atoms with Gasteiger partial charge in [-0.2, -0.15) is 5.26 Å². The minimum atomic E-state index is -0.674. The molecule has 0 aromatic rings. The van der Waals surface area contributed by atoms with Crippen LogP contribution >= 0.6 is 0 Å². The van der Waals surface area contributed by atoms with Crippen LogP contribution in [0.5, 0.6) is 0 Å². The molecule has 0 fully saturated rings. The normalized spacial score (nSPS) is 13.4. The van der Waals surface area contributed by atoms with Crippen LogP contribution in [0.25, 0.3) is 0 Å². The van der Waals surface area contributed by atoms with Gasteiger partial charge in [0.05, 0.1) is 0 Å². The average molecular weight is 161 g/mol. The predicted molar refractivity (Wildman–Crippen MR) is 42.7 cm³/mol. The van der Waals surface area contributed by atoms with Gasteiger partial charge in [-0.1, -0.05) is 18.7 Å². The molecule has 0 aliphatic heterocycles. The summed E-state index contributed by atoms with van der Waals surface area (Å²) in [5, 5.41) is 8.29. The van der Waals surface area contributed by atoms with Gasteiger partial charge in [-0.05, 0) is 6.08 Å². The van der Waals surface area contributed by atoms with Gasteiger partial charge in [-0.15, -0.1) is 0 Å². The van der Waals surface area contributed by atoms with E-state index in [-0.39, 0.29) is 5.57 Å². The van der Waals surface area contributed by atoms with Crippen molar-refractivity contribution in [3.63, 3.8) is 0 Å². The predicted octanol–water partition coefficient (Wildman–Crippen LogP) is 1.45. The molecule has 0 aromatic heterocycles. The maximum atomic E-state index is 10.9. The van der Waals surface area contributed by atoms with Crippen LogP contribution in [0.2, 0.25) is 0 Å². The summed E-state index contributed by atoms with van der Waals surface area (Å²) in [7, 11) is 0. The first kappa shape index (κ1) is 8.28. The summed E-state index contributed by atoms with van der Waals surface area (Å²) in [6.45, 7) is 3.23. The van der Waals surface area contributed by atoms with Crippen molar-refractivity contribution in [3.05, 3.63) is 36.1 Å². The van der Waals surface area contributed by atoms with Gasteiger partial charge >= 0.3 is 5.97 Å². The highest BCUT2D eigenvalue weighted by Gasteiger charge is 2.10. The standard InChI is InChI=1S/C9H7NO2/c1-7(6-10)9(11)12-8-4-2-3-5-8/h2-4H,1,5H2.